The van der Waals surface area contributed by atoms with Crippen LogP contribution in [0.2, 0.25) is 0 Å². The van der Waals surface area contributed by atoms with Crippen LogP contribution in [-0.4, -0.2) is 0 Å². The molecule has 1 unspecified atom stereocenters. The Labute approximate surface area is 107 Å². The highest BCUT2D eigenvalue weighted by molar-refractivity contribution is 5.35. The van der Waals surface area contributed by atoms with Gasteiger partial charge in [0.15, 0.2) is 0 Å². The second kappa shape index (κ2) is 5.01. The summed E-state index contributed by atoms with van der Waals surface area (Å²) in [6.45, 7) is 1.68. The summed E-state index contributed by atoms with van der Waals surface area (Å²) in [5, 5.41) is 0. The summed E-state index contributed by atoms with van der Waals surface area (Å²) in [6.07, 6.45) is 0. The highest BCUT2D eigenvalue weighted by atomic mass is 19.1. The molecule has 0 radical (unpaired) electrons. The van der Waals surface area contributed by atoms with Gasteiger partial charge >= 0.3 is 0 Å². The molecule has 0 bridgehead atoms. The first-order valence-corrected chi connectivity index (χ1v) is 5.56. The Hall–Kier alpha value is -1.88. The van der Waals surface area contributed by atoms with Crippen LogP contribution in [0.25, 0.3) is 0 Å². The number of nitrogens with two attached hydrogens (primary N) is 1. The first-order chi connectivity index (χ1) is 8.90. The van der Waals surface area contributed by atoms with Crippen molar-refractivity contribution < 1.29 is 17.6 Å². The average Bonchev–Trinajstić information content (AvgIpc) is 2.26. The van der Waals surface area contributed by atoms with Crippen LogP contribution in [-0.2, 0) is 0 Å². The molecule has 2 aromatic rings. The molecule has 100 valence electrons. The first kappa shape index (κ1) is 13.5. The van der Waals surface area contributed by atoms with Gasteiger partial charge in [0.2, 0.25) is 0 Å². The predicted molar refractivity (Wildman–Crippen MR) is 63.5 cm³/mol. The van der Waals surface area contributed by atoms with Crippen molar-refractivity contribution in [1.29, 1.82) is 0 Å². The maximum Gasteiger partial charge on any atom is 0.134 e. The van der Waals surface area contributed by atoms with Crippen LogP contribution in [0.15, 0.2) is 30.3 Å². The lowest BCUT2D eigenvalue weighted by Crippen LogP contribution is -2.17. The van der Waals surface area contributed by atoms with Crippen molar-refractivity contribution >= 4 is 0 Å². The molecular weight excluding hydrogens is 258 g/mol. The molecule has 0 saturated heterocycles. The van der Waals surface area contributed by atoms with Gasteiger partial charge in [-0.25, -0.2) is 17.6 Å². The fraction of sp³-hybridized carbons (Fsp3) is 0.143. The average molecular weight is 269 g/mol. The number of benzene rings is 2. The Morgan fingerprint density at radius 3 is 2.00 bits per heavy atom. The number of hydrogen-bond donors (Lipinski definition) is 1. The quantitative estimate of drug-likeness (QED) is 0.828. The molecule has 0 saturated carbocycles. The van der Waals surface area contributed by atoms with E-state index in [9.17, 15) is 17.6 Å². The van der Waals surface area contributed by atoms with Gasteiger partial charge in [0.25, 0.3) is 0 Å². The third-order valence-electron chi connectivity index (χ3n) is 2.85. The molecule has 2 rings (SSSR count). The summed E-state index contributed by atoms with van der Waals surface area (Å²) < 4.78 is 53.7. The summed E-state index contributed by atoms with van der Waals surface area (Å²) >= 11 is 0. The molecule has 0 aliphatic rings. The third-order valence-corrected chi connectivity index (χ3v) is 2.85. The van der Waals surface area contributed by atoms with Crippen LogP contribution in [0.3, 0.4) is 0 Å². The van der Waals surface area contributed by atoms with Crippen LogP contribution in [0, 0.1) is 30.2 Å². The van der Waals surface area contributed by atoms with E-state index < -0.39 is 34.9 Å². The Morgan fingerprint density at radius 1 is 0.895 bits per heavy atom. The van der Waals surface area contributed by atoms with Crippen LogP contribution >= 0.6 is 0 Å². The zero-order valence-electron chi connectivity index (χ0n) is 10.1. The van der Waals surface area contributed by atoms with Gasteiger partial charge in [-0.2, -0.15) is 0 Å². The number of hydrogen-bond acceptors (Lipinski definition) is 1. The highest BCUT2D eigenvalue weighted by Gasteiger charge is 2.22. The van der Waals surface area contributed by atoms with E-state index in [1.54, 1.807) is 13.0 Å². The van der Waals surface area contributed by atoms with Crippen molar-refractivity contribution in [2.24, 2.45) is 5.73 Å². The van der Waals surface area contributed by atoms with Gasteiger partial charge in [0.1, 0.15) is 23.3 Å². The van der Waals surface area contributed by atoms with Gasteiger partial charge < -0.3 is 5.73 Å². The van der Waals surface area contributed by atoms with Crippen LogP contribution < -0.4 is 5.73 Å². The largest absolute Gasteiger partial charge is 0.320 e. The Balaban J connectivity index is 2.53. The molecule has 0 fully saturated rings. The molecule has 2 aromatic carbocycles. The standard InChI is InChI=1S/C14H11F4N/c1-7-2-3-9(10(16)4-7)14(19)13-11(17)5-8(15)6-12(13)18/h2-6,14H,19H2,1H3. The minimum atomic E-state index is -1.33. The molecule has 0 aromatic heterocycles. The van der Waals surface area contributed by atoms with Gasteiger partial charge in [0.05, 0.1) is 6.04 Å². The van der Waals surface area contributed by atoms with Gasteiger partial charge in [-0.05, 0) is 18.6 Å². The van der Waals surface area contributed by atoms with E-state index >= 15 is 0 Å². The van der Waals surface area contributed by atoms with Gasteiger partial charge in [-0.1, -0.05) is 12.1 Å². The zero-order valence-corrected chi connectivity index (χ0v) is 10.1. The lowest BCUT2D eigenvalue weighted by atomic mass is 9.97. The van der Waals surface area contributed by atoms with E-state index in [1.165, 1.54) is 12.1 Å². The maximum absolute atomic E-state index is 13.7. The second-order valence-electron chi connectivity index (χ2n) is 4.29. The number of aryl methyl sites for hydroxylation is 1. The highest BCUT2D eigenvalue weighted by Crippen LogP contribution is 2.27. The molecule has 0 aliphatic carbocycles. The topological polar surface area (TPSA) is 26.0 Å². The molecule has 0 spiro atoms. The fourth-order valence-electron chi connectivity index (χ4n) is 1.89. The molecule has 2 N–H and O–H groups in total. The molecule has 5 heteroatoms. The Bertz CT molecular complexity index is 602. The molecule has 19 heavy (non-hydrogen) atoms. The second-order valence-corrected chi connectivity index (χ2v) is 4.29. The summed E-state index contributed by atoms with van der Waals surface area (Å²) in [7, 11) is 0. The van der Waals surface area contributed by atoms with E-state index in [2.05, 4.69) is 0 Å². The van der Waals surface area contributed by atoms with Crippen molar-refractivity contribution in [3.63, 3.8) is 0 Å². The van der Waals surface area contributed by atoms with Crippen molar-refractivity contribution in [2.75, 3.05) is 0 Å². The molecule has 0 amide bonds. The number of halogens is 4. The van der Waals surface area contributed by atoms with E-state index in [0.717, 1.165) is 0 Å². The van der Waals surface area contributed by atoms with Crippen molar-refractivity contribution in [3.05, 3.63) is 70.3 Å². The molecule has 0 heterocycles. The van der Waals surface area contributed by atoms with Crippen LogP contribution in [0.1, 0.15) is 22.7 Å². The molecule has 1 atom stereocenters. The molecular formula is C14H11F4N. The van der Waals surface area contributed by atoms with Crippen LogP contribution in [0.4, 0.5) is 17.6 Å². The smallest absolute Gasteiger partial charge is 0.134 e. The zero-order chi connectivity index (χ0) is 14.2. The summed E-state index contributed by atoms with van der Waals surface area (Å²) in [6, 6.07) is 3.86. The third kappa shape index (κ3) is 2.61. The monoisotopic (exact) mass is 269 g/mol. The normalized spacial score (nSPS) is 12.5. The molecule has 0 aliphatic heterocycles. The Morgan fingerprint density at radius 2 is 1.47 bits per heavy atom. The van der Waals surface area contributed by atoms with E-state index in [4.69, 9.17) is 5.73 Å². The summed E-state index contributed by atoms with van der Waals surface area (Å²) in [5.41, 5.74) is 5.74. The number of rotatable bonds is 2. The van der Waals surface area contributed by atoms with E-state index in [1.807, 2.05) is 0 Å². The SMILES string of the molecule is Cc1ccc(C(N)c2c(F)cc(F)cc2F)c(F)c1. The first-order valence-electron chi connectivity index (χ1n) is 5.56. The van der Waals surface area contributed by atoms with E-state index in [-0.39, 0.29) is 5.56 Å². The summed E-state index contributed by atoms with van der Waals surface area (Å²) in [5.74, 6) is -3.97. The fourth-order valence-corrected chi connectivity index (χ4v) is 1.89. The van der Waals surface area contributed by atoms with Crippen LogP contribution in [0.5, 0.6) is 0 Å². The lowest BCUT2D eigenvalue weighted by Gasteiger charge is -2.15. The lowest BCUT2D eigenvalue weighted by molar-refractivity contribution is 0.509. The maximum atomic E-state index is 13.7. The molecule has 1 nitrogen and oxygen atoms in total. The van der Waals surface area contributed by atoms with Gasteiger partial charge in [0, 0.05) is 23.3 Å². The van der Waals surface area contributed by atoms with E-state index in [0.29, 0.717) is 17.7 Å². The van der Waals surface area contributed by atoms with Crippen molar-refractivity contribution in [1.82, 2.24) is 0 Å². The minimum Gasteiger partial charge on any atom is -0.320 e. The Kier molecular flexibility index (Phi) is 3.57. The van der Waals surface area contributed by atoms with Crippen molar-refractivity contribution in [2.45, 2.75) is 13.0 Å². The van der Waals surface area contributed by atoms with Crippen molar-refractivity contribution in [3.8, 4) is 0 Å². The minimum absolute atomic E-state index is 0.0463. The summed E-state index contributed by atoms with van der Waals surface area (Å²) in [4.78, 5) is 0. The van der Waals surface area contributed by atoms with Gasteiger partial charge in [-0.15, -0.1) is 0 Å². The van der Waals surface area contributed by atoms with Gasteiger partial charge in [-0.3, -0.25) is 0 Å². The predicted octanol–water partition coefficient (Wildman–Crippen LogP) is 3.60.